The molecule has 2 amide bonds. The Labute approximate surface area is 191 Å². The molecule has 0 bridgehead atoms. The zero-order valence-electron chi connectivity index (χ0n) is 17.6. The van der Waals surface area contributed by atoms with E-state index in [1.807, 2.05) is 5.32 Å². The normalized spacial score (nSPS) is 12.0. The van der Waals surface area contributed by atoms with Crippen molar-refractivity contribution in [2.24, 2.45) is 12.8 Å². The molecule has 186 valence electrons. The first-order valence-electron chi connectivity index (χ1n) is 9.52. The Balaban J connectivity index is 2.16. The van der Waals surface area contributed by atoms with Crippen LogP contribution >= 0.6 is 0 Å². The largest absolute Gasteiger partial charge is 0.481 e. The molecule has 0 unspecified atom stereocenters. The quantitative estimate of drug-likeness (QED) is 0.457. The van der Waals surface area contributed by atoms with Gasteiger partial charge in [0.25, 0.3) is 18.2 Å². The molecule has 0 aliphatic rings. The van der Waals surface area contributed by atoms with Gasteiger partial charge < -0.3 is 15.8 Å². The lowest BCUT2D eigenvalue weighted by Gasteiger charge is -2.19. The third-order valence-corrected chi connectivity index (χ3v) is 4.64. The van der Waals surface area contributed by atoms with Crippen molar-refractivity contribution < 1.29 is 40.7 Å². The lowest BCUT2D eigenvalue weighted by molar-refractivity contribution is -0.00159. The van der Waals surface area contributed by atoms with Crippen molar-refractivity contribution in [1.29, 1.82) is 0 Å². The number of hydrogen-bond acceptors (Lipinski definition) is 5. The highest BCUT2D eigenvalue weighted by molar-refractivity contribution is 6.06. The summed E-state index contributed by atoms with van der Waals surface area (Å²) in [6.45, 7) is -1.73. The van der Waals surface area contributed by atoms with Crippen molar-refractivity contribution in [1.82, 2.24) is 14.3 Å². The summed E-state index contributed by atoms with van der Waals surface area (Å²) in [6.07, 6.45) is -5.82. The summed E-state index contributed by atoms with van der Waals surface area (Å²) in [5, 5.41) is 5.37. The van der Waals surface area contributed by atoms with Gasteiger partial charge in [-0.1, -0.05) is 6.07 Å². The van der Waals surface area contributed by atoms with Gasteiger partial charge >= 0.3 is 5.69 Å². The molecule has 1 atom stereocenters. The average molecular weight is 503 g/mol. The molecule has 0 fully saturated rings. The van der Waals surface area contributed by atoms with Crippen LogP contribution in [0.15, 0.2) is 35.1 Å². The number of alkyl halides is 3. The van der Waals surface area contributed by atoms with Gasteiger partial charge in [0.1, 0.15) is 41.3 Å². The number of hydrogen-bond donors (Lipinski definition) is 2. The van der Waals surface area contributed by atoms with E-state index in [2.05, 4.69) is 5.10 Å². The second kappa shape index (κ2) is 9.90. The van der Waals surface area contributed by atoms with Crippen molar-refractivity contribution in [3.8, 4) is 11.4 Å². The lowest BCUT2D eigenvalue weighted by atomic mass is 10.1. The molecule has 0 aliphatic heterocycles. The summed E-state index contributed by atoms with van der Waals surface area (Å²) >= 11 is 0. The predicted molar refractivity (Wildman–Crippen MR) is 108 cm³/mol. The maximum atomic E-state index is 14.9. The van der Waals surface area contributed by atoms with Crippen molar-refractivity contribution in [3.05, 3.63) is 69.7 Å². The van der Waals surface area contributed by atoms with Crippen LogP contribution in [0.5, 0.6) is 5.75 Å². The first kappa shape index (κ1) is 25.3. The average Bonchev–Trinajstić information content (AvgIpc) is 3.09. The van der Waals surface area contributed by atoms with E-state index in [-0.39, 0.29) is 0 Å². The molecule has 15 heteroatoms. The van der Waals surface area contributed by atoms with Gasteiger partial charge in [-0.3, -0.25) is 14.2 Å². The van der Waals surface area contributed by atoms with Crippen LogP contribution in [-0.2, 0) is 7.05 Å². The highest BCUT2D eigenvalue weighted by atomic mass is 19.3. The fraction of sp³-hybridized carbons (Fsp3) is 0.200. The lowest BCUT2D eigenvalue weighted by Crippen LogP contribution is -2.29. The number of nitrogens with two attached hydrogens (primary N) is 1. The minimum atomic E-state index is -3.40. The Morgan fingerprint density at radius 3 is 2.29 bits per heavy atom. The molecule has 3 aromatic rings. The zero-order chi connectivity index (χ0) is 26.0. The Kier molecular flexibility index (Phi) is 7.17. The van der Waals surface area contributed by atoms with E-state index >= 15 is 0 Å². The van der Waals surface area contributed by atoms with E-state index in [0.29, 0.717) is 21.4 Å². The first-order chi connectivity index (χ1) is 16.5. The molecule has 3 rings (SSSR count). The molecule has 0 saturated carbocycles. The molecule has 0 saturated heterocycles. The highest BCUT2D eigenvalue weighted by Crippen LogP contribution is 2.29. The van der Waals surface area contributed by atoms with Crippen LogP contribution in [0.4, 0.5) is 32.0 Å². The third-order valence-electron chi connectivity index (χ3n) is 4.64. The number of ether oxygens (including phenoxy) is 1. The van der Waals surface area contributed by atoms with Crippen LogP contribution in [0, 0.1) is 17.5 Å². The summed E-state index contributed by atoms with van der Waals surface area (Å²) in [6, 6.07) is 3.57. The van der Waals surface area contributed by atoms with Crippen molar-refractivity contribution in [2.45, 2.75) is 12.5 Å². The number of rotatable bonds is 8. The number of para-hydroxylation sites is 1. The summed E-state index contributed by atoms with van der Waals surface area (Å²) < 4.78 is 87.9. The summed E-state index contributed by atoms with van der Waals surface area (Å²) in [7, 11) is 1.09. The summed E-state index contributed by atoms with van der Waals surface area (Å²) in [5.41, 5.74) is 1.41. The van der Waals surface area contributed by atoms with Gasteiger partial charge in [-0.15, -0.1) is 5.10 Å². The number of anilines is 1. The minimum absolute atomic E-state index is 0.327. The highest BCUT2D eigenvalue weighted by Gasteiger charge is 2.28. The number of nitrogens with one attached hydrogen (secondary N) is 1. The van der Waals surface area contributed by atoms with Gasteiger partial charge in [0.2, 0.25) is 5.82 Å². The van der Waals surface area contributed by atoms with E-state index < -0.39 is 82.7 Å². The van der Waals surface area contributed by atoms with Gasteiger partial charge in [-0.25, -0.2) is 31.1 Å². The predicted octanol–water partition coefficient (Wildman–Crippen LogP) is 2.32. The second-order valence-corrected chi connectivity index (χ2v) is 6.94. The Morgan fingerprint density at radius 1 is 1.14 bits per heavy atom. The number of amides is 2. The van der Waals surface area contributed by atoms with Crippen molar-refractivity contribution >= 4 is 17.5 Å². The Hall–Kier alpha value is -4.30. The number of benzene rings is 2. The van der Waals surface area contributed by atoms with Crippen molar-refractivity contribution in [2.75, 3.05) is 12.0 Å². The van der Waals surface area contributed by atoms with Gasteiger partial charge in [-0.2, -0.15) is 4.68 Å². The third kappa shape index (κ3) is 4.97. The molecule has 0 radical (unpaired) electrons. The van der Waals surface area contributed by atoms with Gasteiger partial charge in [0.15, 0.2) is 6.10 Å². The van der Waals surface area contributed by atoms with Crippen LogP contribution in [-0.4, -0.2) is 45.4 Å². The second-order valence-electron chi connectivity index (χ2n) is 6.94. The summed E-state index contributed by atoms with van der Waals surface area (Å²) in [5.74, 6) is -7.80. The molecule has 0 spiro atoms. The number of carbonyl (C=O) groups excluding carboxylic acids is 2. The van der Waals surface area contributed by atoms with Crippen molar-refractivity contribution in [3.63, 3.8) is 0 Å². The zero-order valence-corrected chi connectivity index (χ0v) is 17.6. The van der Waals surface area contributed by atoms with Crippen LogP contribution in [0.1, 0.15) is 21.0 Å². The smallest absolute Gasteiger partial charge is 0.350 e. The van der Waals surface area contributed by atoms with E-state index in [4.69, 9.17) is 10.5 Å². The van der Waals surface area contributed by atoms with Crippen LogP contribution in [0.3, 0.4) is 0 Å². The van der Waals surface area contributed by atoms with E-state index in [0.717, 1.165) is 25.2 Å². The number of halogens is 6. The van der Waals surface area contributed by atoms with E-state index in [9.17, 15) is 40.7 Å². The molecule has 9 nitrogen and oxygen atoms in total. The molecule has 0 aliphatic carbocycles. The molecule has 2 aromatic carbocycles. The van der Waals surface area contributed by atoms with Crippen LogP contribution in [0.2, 0.25) is 0 Å². The molecular formula is C20H15F6N5O4. The van der Waals surface area contributed by atoms with Gasteiger partial charge in [0, 0.05) is 13.1 Å². The van der Waals surface area contributed by atoms with E-state index in [1.165, 1.54) is 0 Å². The summed E-state index contributed by atoms with van der Waals surface area (Å²) in [4.78, 5) is 36.5. The standard InChI is InChI=1S/C20H15F6N5O4/c1-30-18(17(27)32)29-31(20(30)34)12-6-13(35-14(7-21)16(25)26)8(5-11(12)24)19(33)28-15-9(22)3-2-4-10(15)23/h2-6,14,16H,7H2,1H3,(H2,27,32)(H,28,33)/t14-/m0/s1. The Bertz CT molecular complexity index is 1340. The Morgan fingerprint density at radius 2 is 1.77 bits per heavy atom. The topological polar surface area (TPSA) is 121 Å². The van der Waals surface area contributed by atoms with E-state index in [1.54, 1.807) is 0 Å². The number of primary amides is 1. The maximum Gasteiger partial charge on any atom is 0.350 e. The number of aromatic nitrogens is 3. The molecule has 35 heavy (non-hydrogen) atoms. The fourth-order valence-corrected chi connectivity index (χ4v) is 2.90. The molecule has 3 N–H and O–H groups in total. The SMILES string of the molecule is Cn1c(C(N)=O)nn(-c2cc(O[C@@H](CF)C(F)F)c(C(=O)Nc3c(F)cccc3F)cc2F)c1=O. The van der Waals surface area contributed by atoms with Crippen LogP contribution < -0.4 is 21.5 Å². The molecule has 1 heterocycles. The first-order valence-corrected chi connectivity index (χ1v) is 9.52. The molecule has 1 aromatic heterocycles. The fourth-order valence-electron chi connectivity index (χ4n) is 2.90. The monoisotopic (exact) mass is 503 g/mol. The van der Waals surface area contributed by atoms with Crippen LogP contribution in [0.25, 0.3) is 5.69 Å². The van der Waals surface area contributed by atoms with Gasteiger partial charge in [-0.05, 0) is 18.2 Å². The maximum absolute atomic E-state index is 14.9. The molecular weight excluding hydrogens is 488 g/mol. The number of carbonyl (C=O) groups is 2. The number of nitrogens with zero attached hydrogens (tertiary/aromatic N) is 3. The van der Waals surface area contributed by atoms with Gasteiger partial charge in [0.05, 0.1) is 5.56 Å². The minimum Gasteiger partial charge on any atom is -0.481 e.